The summed E-state index contributed by atoms with van der Waals surface area (Å²) in [4.78, 5) is 26.5. The van der Waals surface area contributed by atoms with Crippen LogP contribution in [0, 0.1) is 5.41 Å². The van der Waals surface area contributed by atoms with Crippen molar-refractivity contribution in [3.8, 4) is 0 Å². The van der Waals surface area contributed by atoms with E-state index in [2.05, 4.69) is 0 Å². The molecule has 0 bridgehead atoms. The molecule has 1 heterocycles. The number of amides is 1. The van der Waals surface area contributed by atoms with E-state index in [0.717, 1.165) is 18.4 Å². The molecule has 0 aromatic heterocycles. The maximum absolute atomic E-state index is 12.4. The molecule has 0 radical (unpaired) electrons. The van der Waals surface area contributed by atoms with Gasteiger partial charge in [0.15, 0.2) is 5.78 Å². The van der Waals surface area contributed by atoms with Gasteiger partial charge in [-0.25, -0.2) is 0 Å². The lowest BCUT2D eigenvalue weighted by atomic mass is 9.85. The molecule has 3 nitrogen and oxygen atoms in total. The van der Waals surface area contributed by atoms with Crippen molar-refractivity contribution in [3.05, 3.63) is 42.0 Å². The third kappa shape index (κ3) is 3.81. The molecule has 0 aliphatic carbocycles. The number of carbonyl (C=O) groups is 2. The van der Waals surface area contributed by atoms with Crippen molar-refractivity contribution >= 4 is 17.8 Å². The number of ketones is 1. The zero-order chi connectivity index (χ0) is 15.5. The summed E-state index contributed by atoms with van der Waals surface area (Å²) in [5, 5.41) is 0. The summed E-state index contributed by atoms with van der Waals surface area (Å²) in [5.41, 5.74) is 0.584. The summed E-state index contributed by atoms with van der Waals surface area (Å²) in [6, 6.07) is 9.45. The highest BCUT2D eigenvalue weighted by Crippen LogP contribution is 2.27. The van der Waals surface area contributed by atoms with Crippen LogP contribution in [-0.4, -0.2) is 29.2 Å². The summed E-state index contributed by atoms with van der Waals surface area (Å²) in [6.07, 6.45) is 5.06. The predicted octanol–water partition coefficient (Wildman–Crippen LogP) is 3.31. The summed E-state index contributed by atoms with van der Waals surface area (Å²) >= 11 is 0. The van der Waals surface area contributed by atoms with Crippen molar-refractivity contribution < 1.29 is 9.59 Å². The van der Waals surface area contributed by atoms with Gasteiger partial charge in [-0.15, -0.1) is 0 Å². The Kier molecular flexibility index (Phi) is 4.61. The molecule has 2 rings (SSSR count). The van der Waals surface area contributed by atoms with Crippen molar-refractivity contribution in [3.63, 3.8) is 0 Å². The molecule has 112 valence electrons. The standard InChI is InChI=1S/C18H23NO2/c1-18(2,3)17(21)15-10-7-13-19(15)16(20)12-11-14-8-5-4-6-9-14/h4-6,8-9,11-12,15H,7,10,13H2,1-3H3/b12-11+/t15-/m0/s1. The lowest BCUT2D eigenvalue weighted by Crippen LogP contribution is -2.44. The van der Waals surface area contributed by atoms with Crippen LogP contribution in [0.15, 0.2) is 36.4 Å². The minimum Gasteiger partial charge on any atom is -0.329 e. The van der Waals surface area contributed by atoms with E-state index < -0.39 is 5.41 Å². The first-order valence-electron chi connectivity index (χ1n) is 7.47. The summed E-state index contributed by atoms with van der Waals surface area (Å²) < 4.78 is 0. The molecule has 1 aliphatic heterocycles. The second-order valence-electron chi connectivity index (χ2n) is 6.55. The highest BCUT2D eigenvalue weighted by Gasteiger charge is 2.38. The van der Waals surface area contributed by atoms with E-state index in [0.29, 0.717) is 6.54 Å². The van der Waals surface area contributed by atoms with Gasteiger partial charge in [-0.2, -0.15) is 0 Å². The number of hydrogen-bond acceptors (Lipinski definition) is 2. The molecule has 1 saturated heterocycles. The van der Waals surface area contributed by atoms with Gasteiger partial charge in [0.2, 0.25) is 5.91 Å². The van der Waals surface area contributed by atoms with Crippen molar-refractivity contribution in [1.82, 2.24) is 4.90 Å². The van der Waals surface area contributed by atoms with Gasteiger partial charge >= 0.3 is 0 Å². The minimum absolute atomic E-state index is 0.0704. The van der Waals surface area contributed by atoms with Gasteiger partial charge in [0.1, 0.15) is 0 Å². The number of benzene rings is 1. The number of Topliss-reactive ketones (excluding diaryl/α,β-unsaturated/α-hetero) is 1. The van der Waals surface area contributed by atoms with Gasteiger partial charge in [-0.1, -0.05) is 51.1 Å². The zero-order valence-corrected chi connectivity index (χ0v) is 13.0. The van der Waals surface area contributed by atoms with E-state index in [-0.39, 0.29) is 17.7 Å². The van der Waals surface area contributed by atoms with Crippen LogP contribution in [0.5, 0.6) is 0 Å². The Morgan fingerprint density at radius 1 is 1.19 bits per heavy atom. The SMILES string of the molecule is CC(C)(C)C(=O)[C@@H]1CCCN1C(=O)/C=C/c1ccccc1. The lowest BCUT2D eigenvalue weighted by Gasteiger charge is -2.28. The average molecular weight is 285 g/mol. The molecule has 0 saturated carbocycles. The molecule has 1 aromatic carbocycles. The fourth-order valence-electron chi connectivity index (χ4n) is 2.63. The summed E-state index contributed by atoms with van der Waals surface area (Å²) in [7, 11) is 0. The fraction of sp³-hybridized carbons (Fsp3) is 0.444. The third-order valence-corrected chi connectivity index (χ3v) is 3.80. The van der Waals surface area contributed by atoms with Gasteiger partial charge in [0.05, 0.1) is 6.04 Å². The van der Waals surface area contributed by atoms with Crippen molar-refractivity contribution in [2.75, 3.05) is 6.54 Å². The molecule has 1 fully saturated rings. The Morgan fingerprint density at radius 2 is 1.86 bits per heavy atom. The second kappa shape index (κ2) is 6.25. The van der Waals surface area contributed by atoms with Crippen LogP contribution in [0.2, 0.25) is 0 Å². The van der Waals surface area contributed by atoms with E-state index in [4.69, 9.17) is 0 Å². The molecule has 1 aliphatic rings. The molecule has 21 heavy (non-hydrogen) atoms. The molecule has 0 spiro atoms. The van der Waals surface area contributed by atoms with Crippen LogP contribution in [0.1, 0.15) is 39.2 Å². The minimum atomic E-state index is -0.406. The van der Waals surface area contributed by atoms with Crippen LogP contribution in [0.25, 0.3) is 6.08 Å². The monoisotopic (exact) mass is 285 g/mol. The molecular formula is C18H23NO2. The van der Waals surface area contributed by atoms with Gasteiger partial charge < -0.3 is 4.90 Å². The molecule has 0 unspecified atom stereocenters. The molecule has 1 amide bonds. The molecule has 0 N–H and O–H groups in total. The van der Waals surface area contributed by atoms with Crippen molar-refractivity contribution in [2.45, 2.75) is 39.7 Å². The Morgan fingerprint density at radius 3 is 2.48 bits per heavy atom. The Bertz CT molecular complexity index is 540. The number of carbonyl (C=O) groups excluding carboxylic acids is 2. The number of rotatable bonds is 3. The normalized spacial score (nSPS) is 19.2. The number of hydrogen-bond donors (Lipinski definition) is 0. The van der Waals surface area contributed by atoms with Crippen LogP contribution in [0.3, 0.4) is 0 Å². The molecule has 1 aromatic rings. The Balaban J connectivity index is 2.08. The van der Waals surface area contributed by atoms with Gasteiger partial charge in [0.25, 0.3) is 0 Å². The van der Waals surface area contributed by atoms with Crippen LogP contribution in [0.4, 0.5) is 0 Å². The van der Waals surface area contributed by atoms with Crippen molar-refractivity contribution in [1.29, 1.82) is 0 Å². The first-order valence-corrected chi connectivity index (χ1v) is 7.47. The van der Waals surface area contributed by atoms with E-state index >= 15 is 0 Å². The van der Waals surface area contributed by atoms with Crippen LogP contribution < -0.4 is 0 Å². The number of nitrogens with zero attached hydrogens (tertiary/aromatic N) is 1. The zero-order valence-electron chi connectivity index (χ0n) is 13.0. The predicted molar refractivity (Wildman–Crippen MR) is 84.7 cm³/mol. The highest BCUT2D eigenvalue weighted by atomic mass is 16.2. The lowest BCUT2D eigenvalue weighted by molar-refractivity contribution is -0.138. The quantitative estimate of drug-likeness (QED) is 0.799. The highest BCUT2D eigenvalue weighted by molar-refractivity contribution is 5.97. The van der Waals surface area contributed by atoms with Gasteiger partial charge in [-0.05, 0) is 24.5 Å². The topological polar surface area (TPSA) is 37.4 Å². The summed E-state index contributed by atoms with van der Waals surface area (Å²) in [6.45, 7) is 6.41. The summed E-state index contributed by atoms with van der Waals surface area (Å²) in [5.74, 6) is 0.0837. The number of likely N-dealkylation sites (tertiary alicyclic amines) is 1. The molecule has 3 heteroatoms. The first-order chi connectivity index (χ1) is 9.89. The fourth-order valence-corrected chi connectivity index (χ4v) is 2.63. The van der Waals surface area contributed by atoms with Crippen LogP contribution >= 0.6 is 0 Å². The van der Waals surface area contributed by atoms with E-state index in [9.17, 15) is 9.59 Å². The second-order valence-corrected chi connectivity index (χ2v) is 6.55. The largest absolute Gasteiger partial charge is 0.329 e. The molecule has 1 atom stereocenters. The first kappa shape index (κ1) is 15.5. The van der Waals surface area contributed by atoms with E-state index in [1.54, 1.807) is 17.1 Å². The maximum atomic E-state index is 12.4. The smallest absolute Gasteiger partial charge is 0.247 e. The van der Waals surface area contributed by atoms with Gasteiger partial charge in [-0.3, -0.25) is 9.59 Å². The van der Waals surface area contributed by atoms with Crippen LogP contribution in [-0.2, 0) is 9.59 Å². The van der Waals surface area contributed by atoms with Gasteiger partial charge in [0, 0.05) is 18.0 Å². The molecular weight excluding hydrogens is 262 g/mol. The average Bonchev–Trinajstić information content (AvgIpc) is 2.93. The van der Waals surface area contributed by atoms with Crippen molar-refractivity contribution in [2.24, 2.45) is 5.41 Å². The Hall–Kier alpha value is -1.90. The Labute approximate surface area is 126 Å². The maximum Gasteiger partial charge on any atom is 0.247 e. The van der Waals surface area contributed by atoms with E-state index in [1.165, 1.54) is 0 Å². The van der Waals surface area contributed by atoms with E-state index in [1.807, 2.05) is 51.1 Å². The third-order valence-electron chi connectivity index (χ3n) is 3.80.